The number of hydrogen-bond donors (Lipinski definition) is 0. The van der Waals surface area contributed by atoms with Crippen molar-refractivity contribution < 1.29 is 47.5 Å². The third kappa shape index (κ3) is 7.14. The summed E-state index contributed by atoms with van der Waals surface area (Å²) in [6, 6.07) is 14.7. The summed E-state index contributed by atoms with van der Waals surface area (Å²) in [7, 11) is 3.32. The normalized spacial score (nSPS) is 10.2. The molecule has 0 atom stereocenters. The van der Waals surface area contributed by atoms with Crippen LogP contribution in [-0.2, 0) is 16.1 Å². The largest absolute Gasteiger partial charge is 1.00 e. The van der Waals surface area contributed by atoms with Gasteiger partial charge in [0.25, 0.3) is 0 Å². The molecule has 1 aromatic heterocycles. The Labute approximate surface area is 201 Å². The molecule has 0 radical (unpaired) electrons. The molecule has 0 amide bonds. The second-order valence-electron chi connectivity index (χ2n) is 6.02. The molecule has 0 bridgehead atoms. The van der Waals surface area contributed by atoms with E-state index in [9.17, 15) is 4.79 Å². The second-order valence-corrected chi connectivity index (χ2v) is 8.25. The van der Waals surface area contributed by atoms with Gasteiger partial charge in [-0.3, -0.25) is 4.79 Å². The van der Waals surface area contributed by atoms with E-state index in [1.807, 2.05) is 18.2 Å². The van der Waals surface area contributed by atoms with Crippen LogP contribution in [0, 0.1) is 0 Å². The topological polar surface area (TPSA) is 48.6 Å². The number of ether oxygens (including phenoxy) is 3. The predicted octanol–water partition coefficient (Wildman–Crippen LogP) is 0.965. The maximum absolute atomic E-state index is 9.82. The van der Waals surface area contributed by atoms with Gasteiger partial charge in [-0.15, -0.1) is 0 Å². The molecule has 162 valence electrons. The van der Waals surface area contributed by atoms with Gasteiger partial charge < -0.3 is 28.7 Å². The van der Waals surface area contributed by atoms with Gasteiger partial charge in [0.1, 0.15) is 0 Å². The van der Waals surface area contributed by atoms with Crippen molar-refractivity contribution >= 4 is 42.4 Å². The van der Waals surface area contributed by atoms with Gasteiger partial charge in [0.2, 0.25) is 0 Å². The molecule has 2 aromatic carbocycles. The first-order valence-electron chi connectivity index (χ1n) is 9.48. The van der Waals surface area contributed by atoms with Crippen molar-refractivity contribution in [2.24, 2.45) is 0 Å². The monoisotopic (exact) mass is 589 g/mol. The van der Waals surface area contributed by atoms with E-state index < -0.39 is 0 Å². The van der Waals surface area contributed by atoms with E-state index in [1.165, 1.54) is 21.3 Å². The summed E-state index contributed by atoms with van der Waals surface area (Å²) < 4.78 is 20.3. The Morgan fingerprint density at radius 1 is 1.03 bits per heavy atom. The number of hydrogen-bond acceptors (Lipinski definition) is 4. The maximum atomic E-state index is 9.82. The van der Waals surface area contributed by atoms with E-state index in [-0.39, 0.29) is 29.9 Å². The Hall–Kier alpha value is -1.83. The van der Waals surface area contributed by atoms with Crippen LogP contribution in [0.25, 0.3) is 21.9 Å². The fraction of sp³-hybridized carbons (Fsp3) is 0.304. The number of aromatic nitrogens is 1. The average molecular weight is 588 g/mol. The molecule has 30 heavy (non-hydrogen) atoms. The first kappa shape index (κ1) is 26.2. The molecular weight excluding hydrogens is 560 g/mol. The molecule has 3 rings (SSSR count). The molecule has 0 unspecified atom stereocenters. The van der Waals surface area contributed by atoms with Crippen molar-refractivity contribution in [1.82, 2.24) is 0 Å². The average Bonchev–Trinajstić information content (AvgIpc) is 3.09. The van der Waals surface area contributed by atoms with Gasteiger partial charge in [0.05, 0.1) is 6.61 Å². The van der Waals surface area contributed by atoms with Crippen LogP contribution in [0.5, 0.6) is 11.5 Å². The molecule has 0 aliphatic rings. The van der Waals surface area contributed by atoms with Gasteiger partial charge in [-0.05, 0) is 6.92 Å². The Morgan fingerprint density at radius 3 is 2.30 bits per heavy atom. The zero-order chi connectivity index (χ0) is 21.2. The number of nitrogens with zero attached hydrogens (tertiary/aromatic N) is 1. The van der Waals surface area contributed by atoms with Crippen molar-refractivity contribution in [2.75, 3.05) is 20.8 Å². The number of para-hydroxylation sites is 1. The first-order valence-corrected chi connectivity index (χ1v) is 11.2. The minimum absolute atomic E-state index is 0. The van der Waals surface area contributed by atoms with Gasteiger partial charge in [-0.1, -0.05) is 0 Å². The van der Waals surface area contributed by atoms with Crippen LogP contribution in [0.15, 0.2) is 42.5 Å². The smallest absolute Gasteiger partial charge is 1.00 e. The Morgan fingerprint density at radius 2 is 1.73 bits per heavy atom. The summed E-state index contributed by atoms with van der Waals surface area (Å²) >= 11 is 0.361. The number of halogens is 1. The number of rotatable bonds is 6. The summed E-state index contributed by atoms with van der Waals surface area (Å²) in [6.07, 6.45) is 4.37. The minimum Gasteiger partial charge on any atom is -1.00 e. The fourth-order valence-corrected chi connectivity index (χ4v) is 5.20. The molecule has 7 heteroatoms. The zero-order valence-corrected chi connectivity index (χ0v) is 21.8. The van der Waals surface area contributed by atoms with Crippen molar-refractivity contribution in [3.63, 3.8) is 0 Å². The molecule has 0 aliphatic heterocycles. The molecule has 0 spiro atoms. The molecule has 5 nitrogen and oxygen atoms in total. The second kappa shape index (κ2) is 13.5. The standard InChI is InChI=1S/C19H20NO2Se.C4H8O2.HI/c1-4-20-15-7-5-6-8-18(15)23-19(20)12-10-14-9-11-16(21-2)17(13-14)22-3;1-3-6-4(2)5;/h5-13H,4H2,1-3H3;3H2,1-2H3;1H/q+1;;/p-1/b12-10+;;. The summed E-state index contributed by atoms with van der Waals surface area (Å²) in [6.45, 7) is 6.84. The third-order valence-corrected chi connectivity index (χ3v) is 6.50. The Balaban J connectivity index is 0.000000567. The molecule has 1 heterocycles. The molecule has 3 aromatic rings. The number of carbonyl (C=O) groups excluding carboxylic acids is 1. The van der Waals surface area contributed by atoms with Gasteiger partial charge in [-0.25, -0.2) is 0 Å². The summed E-state index contributed by atoms with van der Waals surface area (Å²) in [4.78, 5) is 9.82. The van der Waals surface area contributed by atoms with Gasteiger partial charge in [0.15, 0.2) is 0 Å². The van der Waals surface area contributed by atoms with E-state index in [0.717, 1.165) is 23.6 Å². The number of fused-ring (bicyclic) bond motifs is 1. The minimum atomic E-state index is -0.211. The summed E-state index contributed by atoms with van der Waals surface area (Å²) in [5.74, 6) is 1.30. The Bertz CT molecular complexity index is 984. The van der Waals surface area contributed by atoms with Crippen molar-refractivity contribution in [2.45, 2.75) is 27.3 Å². The van der Waals surface area contributed by atoms with Crippen LogP contribution in [0.1, 0.15) is 30.9 Å². The first-order chi connectivity index (χ1) is 14.0. The number of methoxy groups -OCH3 is 2. The number of benzene rings is 2. The molecule has 0 aliphatic carbocycles. The van der Waals surface area contributed by atoms with Crippen LogP contribution < -0.4 is 38.0 Å². The zero-order valence-electron chi connectivity index (χ0n) is 18.0. The molecular formula is C23H28INO4Se. The van der Waals surface area contributed by atoms with Crippen LogP contribution >= 0.6 is 0 Å². The summed E-state index contributed by atoms with van der Waals surface area (Å²) in [5, 5.41) is 0. The van der Waals surface area contributed by atoms with Gasteiger partial charge in [0, 0.05) is 6.92 Å². The molecule has 0 saturated heterocycles. The van der Waals surface area contributed by atoms with E-state index in [1.54, 1.807) is 21.1 Å². The molecule has 0 fully saturated rings. The van der Waals surface area contributed by atoms with E-state index in [0.29, 0.717) is 21.1 Å². The third-order valence-electron chi connectivity index (χ3n) is 4.13. The number of esters is 1. The quantitative estimate of drug-likeness (QED) is 0.187. The van der Waals surface area contributed by atoms with E-state index in [2.05, 4.69) is 52.6 Å². The molecule has 0 saturated carbocycles. The Kier molecular flexibility index (Phi) is 11.8. The van der Waals surface area contributed by atoms with Crippen molar-refractivity contribution in [1.29, 1.82) is 0 Å². The predicted molar refractivity (Wildman–Crippen MR) is 118 cm³/mol. The van der Waals surface area contributed by atoms with Crippen LogP contribution in [0.4, 0.5) is 0 Å². The SMILES string of the molecule is CCOC(C)=O.CC[n+]1c(/C=C/c2ccc(OC)c(OC)c2)[se]c2ccccc21.[I-]. The maximum Gasteiger partial charge on any atom is -1.00 e. The molecule has 0 N–H and O–H groups in total. The number of carbonyl (C=O) groups is 1. The van der Waals surface area contributed by atoms with Crippen LogP contribution in [0.3, 0.4) is 0 Å². The fourth-order valence-electron chi connectivity index (χ4n) is 2.83. The van der Waals surface area contributed by atoms with Gasteiger partial charge in [-0.2, -0.15) is 0 Å². The number of aryl methyl sites for hydroxylation is 1. The van der Waals surface area contributed by atoms with Gasteiger partial charge >= 0.3 is 148 Å². The van der Waals surface area contributed by atoms with E-state index in [4.69, 9.17) is 9.47 Å². The summed E-state index contributed by atoms with van der Waals surface area (Å²) in [5.41, 5.74) is 2.46. The van der Waals surface area contributed by atoms with Crippen molar-refractivity contribution in [3.05, 3.63) is 52.6 Å². The van der Waals surface area contributed by atoms with Crippen LogP contribution in [0.2, 0.25) is 0 Å². The van der Waals surface area contributed by atoms with Crippen molar-refractivity contribution in [3.8, 4) is 11.5 Å². The van der Waals surface area contributed by atoms with E-state index >= 15 is 0 Å². The van der Waals surface area contributed by atoms with Crippen LogP contribution in [-0.4, -0.2) is 41.3 Å².